The smallest absolute Gasteiger partial charge is 0.338 e. The fourth-order valence-electron chi connectivity index (χ4n) is 1.83. The summed E-state index contributed by atoms with van der Waals surface area (Å²) in [6, 6.07) is 1.54. The molecule has 0 aliphatic carbocycles. The van der Waals surface area contributed by atoms with Crippen LogP contribution in [0.15, 0.2) is 12.1 Å². The van der Waals surface area contributed by atoms with E-state index in [-0.39, 0.29) is 12.3 Å². The van der Waals surface area contributed by atoms with E-state index in [1.165, 1.54) is 0 Å². The first-order chi connectivity index (χ1) is 9.97. The summed E-state index contributed by atoms with van der Waals surface area (Å²) in [5.74, 6) is -2.61. The monoisotopic (exact) mass is 300 g/mol. The number of anilines is 1. The van der Waals surface area contributed by atoms with Crippen molar-refractivity contribution in [2.75, 3.05) is 18.5 Å². The number of aromatic carboxylic acids is 1. The van der Waals surface area contributed by atoms with E-state index in [0.29, 0.717) is 25.5 Å². The Labute approximate surface area is 120 Å². The van der Waals surface area contributed by atoms with Gasteiger partial charge in [0.25, 0.3) is 5.69 Å². The van der Waals surface area contributed by atoms with Gasteiger partial charge in [0.05, 0.1) is 16.6 Å². The highest BCUT2D eigenvalue weighted by molar-refractivity contribution is 5.90. The number of carboxylic acid groups (broad SMARTS) is 1. The van der Waals surface area contributed by atoms with Gasteiger partial charge < -0.3 is 15.5 Å². The number of rotatable bonds is 9. The van der Waals surface area contributed by atoms with Gasteiger partial charge in [0, 0.05) is 13.2 Å². The summed E-state index contributed by atoms with van der Waals surface area (Å²) in [4.78, 5) is 20.9. The van der Waals surface area contributed by atoms with Crippen LogP contribution in [0.25, 0.3) is 0 Å². The molecule has 0 fully saturated rings. The molecule has 0 spiro atoms. The van der Waals surface area contributed by atoms with E-state index < -0.39 is 28.0 Å². The molecule has 0 radical (unpaired) electrons. The molecule has 0 unspecified atom stereocenters. The zero-order valence-corrected chi connectivity index (χ0v) is 11.3. The average molecular weight is 300 g/mol. The lowest BCUT2D eigenvalue weighted by Gasteiger charge is -2.08. The molecular weight excluding hydrogens is 283 g/mol. The number of carboxylic acids is 1. The molecule has 8 heteroatoms. The summed E-state index contributed by atoms with van der Waals surface area (Å²) < 4.78 is 13.4. The maximum absolute atomic E-state index is 13.4. The van der Waals surface area contributed by atoms with Crippen LogP contribution >= 0.6 is 0 Å². The summed E-state index contributed by atoms with van der Waals surface area (Å²) in [5.41, 5.74) is -1.11. The summed E-state index contributed by atoms with van der Waals surface area (Å²) in [5, 5.41) is 31.1. The van der Waals surface area contributed by atoms with Crippen molar-refractivity contribution in [2.24, 2.45) is 0 Å². The molecule has 0 amide bonds. The Bertz CT molecular complexity index is 522. The van der Waals surface area contributed by atoms with Gasteiger partial charge in [-0.1, -0.05) is 12.8 Å². The molecule has 1 rings (SSSR count). The SMILES string of the molecule is O=C(O)c1cc(NCCCCCCO)c([N+](=O)[O-])cc1F. The second-order valence-corrected chi connectivity index (χ2v) is 4.48. The summed E-state index contributed by atoms with van der Waals surface area (Å²) >= 11 is 0. The standard InChI is InChI=1S/C13H17FN2O5/c14-10-8-12(16(20)21)11(7-9(10)13(18)19)15-5-3-1-2-4-6-17/h7-8,15,17H,1-6H2,(H,18,19). The molecule has 0 bridgehead atoms. The van der Waals surface area contributed by atoms with Gasteiger partial charge in [-0.3, -0.25) is 10.1 Å². The van der Waals surface area contributed by atoms with Crippen LogP contribution in [0.3, 0.4) is 0 Å². The van der Waals surface area contributed by atoms with Crippen molar-refractivity contribution in [3.05, 3.63) is 33.6 Å². The van der Waals surface area contributed by atoms with Gasteiger partial charge in [-0.2, -0.15) is 0 Å². The highest BCUT2D eigenvalue weighted by atomic mass is 19.1. The first-order valence-corrected chi connectivity index (χ1v) is 6.53. The average Bonchev–Trinajstić information content (AvgIpc) is 2.43. The lowest BCUT2D eigenvalue weighted by atomic mass is 10.1. The summed E-state index contributed by atoms with van der Waals surface area (Å²) in [7, 11) is 0. The van der Waals surface area contributed by atoms with Crippen molar-refractivity contribution in [1.82, 2.24) is 0 Å². The number of aliphatic hydroxyl groups is 1. The Morgan fingerprint density at radius 1 is 1.29 bits per heavy atom. The van der Waals surface area contributed by atoms with Crippen LogP contribution in [0, 0.1) is 15.9 Å². The number of aliphatic hydroxyl groups excluding tert-OH is 1. The zero-order chi connectivity index (χ0) is 15.8. The third kappa shape index (κ3) is 4.99. The van der Waals surface area contributed by atoms with Gasteiger partial charge >= 0.3 is 5.97 Å². The molecule has 0 heterocycles. The molecule has 3 N–H and O–H groups in total. The zero-order valence-electron chi connectivity index (χ0n) is 11.3. The summed E-state index contributed by atoms with van der Waals surface area (Å²) in [6.45, 7) is 0.524. The van der Waals surface area contributed by atoms with Crippen LogP contribution in [0.4, 0.5) is 15.8 Å². The number of carbonyl (C=O) groups is 1. The minimum atomic E-state index is -1.48. The normalized spacial score (nSPS) is 10.4. The molecule has 0 saturated carbocycles. The Hall–Kier alpha value is -2.22. The van der Waals surface area contributed by atoms with Crippen LogP contribution in [-0.2, 0) is 0 Å². The Morgan fingerprint density at radius 3 is 2.52 bits per heavy atom. The van der Waals surface area contributed by atoms with Crippen molar-refractivity contribution in [3.63, 3.8) is 0 Å². The van der Waals surface area contributed by atoms with Crippen molar-refractivity contribution >= 4 is 17.3 Å². The predicted molar refractivity (Wildman–Crippen MR) is 74.1 cm³/mol. The van der Waals surface area contributed by atoms with E-state index >= 15 is 0 Å². The van der Waals surface area contributed by atoms with Crippen LogP contribution in [0.1, 0.15) is 36.0 Å². The molecule has 0 saturated heterocycles. The highest BCUT2D eigenvalue weighted by Gasteiger charge is 2.21. The van der Waals surface area contributed by atoms with E-state index in [2.05, 4.69) is 5.32 Å². The number of nitrogens with zero attached hydrogens (tertiary/aromatic N) is 1. The third-order valence-electron chi connectivity index (χ3n) is 2.91. The number of unbranched alkanes of at least 4 members (excludes halogenated alkanes) is 3. The highest BCUT2D eigenvalue weighted by Crippen LogP contribution is 2.28. The maximum Gasteiger partial charge on any atom is 0.338 e. The quantitative estimate of drug-likeness (QED) is 0.366. The molecule has 7 nitrogen and oxygen atoms in total. The van der Waals surface area contributed by atoms with E-state index in [1.54, 1.807) is 0 Å². The van der Waals surface area contributed by atoms with Gasteiger partial charge in [0.2, 0.25) is 0 Å². The van der Waals surface area contributed by atoms with Crippen LogP contribution in [-0.4, -0.2) is 34.3 Å². The number of halogens is 1. The van der Waals surface area contributed by atoms with Gasteiger partial charge in [0.1, 0.15) is 11.5 Å². The van der Waals surface area contributed by atoms with E-state index in [4.69, 9.17) is 10.2 Å². The maximum atomic E-state index is 13.4. The molecule has 21 heavy (non-hydrogen) atoms. The van der Waals surface area contributed by atoms with Gasteiger partial charge in [0.15, 0.2) is 0 Å². The van der Waals surface area contributed by atoms with Crippen molar-refractivity contribution in [2.45, 2.75) is 25.7 Å². The second kappa shape index (κ2) is 8.15. The Kier molecular flexibility index (Phi) is 6.54. The number of hydrogen-bond acceptors (Lipinski definition) is 5. The van der Waals surface area contributed by atoms with Crippen LogP contribution in [0.2, 0.25) is 0 Å². The molecule has 116 valence electrons. The van der Waals surface area contributed by atoms with E-state index in [9.17, 15) is 19.3 Å². The molecule has 0 aromatic heterocycles. The van der Waals surface area contributed by atoms with E-state index in [0.717, 1.165) is 18.9 Å². The fourth-order valence-corrected chi connectivity index (χ4v) is 1.83. The third-order valence-corrected chi connectivity index (χ3v) is 2.91. The van der Waals surface area contributed by atoms with Crippen LogP contribution < -0.4 is 5.32 Å². The minimum Gasteiger partial charge on any atom is -0.478 e. The number of nitrogens with one attached hydrogen (secondary N) is 1. The molecule has 1 aromatic carbocycles. The van der Waals surface area contributed by atoms with Gasteiger partial charge in [-0.05, 0) is 18.9 Å². The lowest BCUT2D eigenvalue weighted by Crippen LogP contribution is -2.08. The van der Waals surface area contributed by atoms with E-state index in [1.807, 2.05) is 0 Å². The first-order valence-electron chi connectivity index (χ1n) is 6.53. The molecule has 0 aliphatic heterocycles. The summed E-state index contributed by atoms with van der Waals surface area (Å²) in [6.07, 6.45) is 3.06. The largest absolute Gasteiger partial charge is 0.478 e. The fraction of sp³-hybridized carbons (Fsp3) is 0.462. The Morgan fingerprint density at radius 2 is 1.95 bits per heavy atom. The Balaban J connectivity index is 2.76. The van der Waals surface area contributed by atoms with Gasteiger partial charge in [-0.15, -0.1) is 0 Å². The number of benzene rings is 1. The van der Waals surface area contributed by atoms with Crippen LogP contribution in [0.5, 0.6) is 0 Å². The number of nitro benzene ring substituents is 1. The molecule has 0 atom stereocenters. The van der Waals surface area contributed by atoms with Crippen molar-refractivity contribution in [3.8, 4) is 0 Å². The molecular formula is C13H17FN2O5. The topological polar surface area (TPSA) is 113 Å². The number of nitro groups is 1. The van der Waals surface area contributed by atoms with Crippen molar-refractivity contribution in [1.29, 1.82) is 0 Å². The molecule has 0 aliphatic rings. The number of hydrogen-bond donors (Lipinski definition) is 3. The minimum absolute atomic E-state index is 0.0130. The second-order valence-electron chi connectivity index (χ2n) is 4.48. The lowest BCUT2D eigenvalue weighted by molar-refractivity contribution is -0.384. The van der Waals surface area contributed by atoms with Crippen molar-refractivity contribution < 1.29 is 24.3 Å². The molecule has 1 aromatic rings. The predicted octanol–water partition coefficient (Wildman–Crippen LogP) is 2.40. The first kappa shape index (κ1) is 16.8. The van der Waals surface area contributed by atoms with Gasteiger partial charge in [-0.25, -0.2) is 9.18 Å².